The van der Waals surface area contributed by atoms with Crippen LogP contribution < -0.4 is 10.0 Å². The number of halogens is 1. The average Bonchev–Trinajstić information content (AvgIpc) is 2.49. The van der Waals surface area contributed by atoms with Gasteiger partial charge in [-0.15, -0.1) is 0 Å². The fraction of sp³-hybridized carbons (Fsp3) is 0.133. The summed E-state index contributed by atoms with van der Waals surface area (Å²) in [6.45, 7) is 0.382. The Labute approximate surface area is 133 Å². The lowest BCUT2D eigenvalue weighted by Gasteiger charge is -2.26. The van der Waals surface area contributed by atoms with Crippen LogP contribution in [-0.4, -0.2) is 26.4 Å². The van der Waals surface area contributed by atoms with Crippen LogP contribution in [0.3, 0.4) is 0 Å². The molecule has 0 spiro atoms. The summed E-state index contributed by atoms with van der Waals surface area (Å²) < 4.78 is 39.9. The van der Waals surface area contributed by atoms with Crippen molar-refractivity contribution in [2.75, 3.05) is 17.1 Å². The number of urea groups is 1. The Kier molecular flexibility index (Phi) is 3.69. The van der Waals surface area contributed by atoms with E-state index in [0.717, 1.165) is 17.7 Å². The molecule has 0 fully saturated rings. The van der Waals surface area contributed by atoms with Gasteiger partial charge in [-0.25, -0.2) is 17.6 Å². The van der Waals surface area contributed by atoms with Gasteiger partial charge in [0.1, 0.15) is 5.82 Å². The molecular weight excluding hydrogens is 321 g/mol. The summed E-state index contributed by atoms with van der Waals surface area (Å²) in [5.74, 6) is -0.503. The van der Waals surface area contributed by atoms with Crippen molar-refractivity contribution in [2.24, 2.45) is 0 Å². The van der Waals surface area contributed by atoms with Crippen LogP contribution in [0.15, 0.2) is 47.4 Å². The Morgan fingerprint density at radius 3 is 2.57 bits per heavy atom. The second-order valence-corrected chi connectivity index (χ2v) is 6.90. The van der Waals surface area contributed by atoms with Crippen molar-refractivity contribution in [2.45, 2.75) is 11.4 Å². The summed E-state index contributed by atoms with van der Waals surface area (Å²) in [7, 11) is -2.15. The number of anilines is 2. The molecule has 0 saturated heterocycles. The maximum Gasteiger partial charge on any atom is 0.321 e. The Hall–Kier alpha value is -2.61. The van der Waals surface area contributed by atoms with Crippen molar-refractivity contribution < 1.29 is 17.6 Å². The number of benzene rings is 2. The molecule has 6 nitrogen and oxygen atoms in total. The highest BCUT2D eigenvalue weighted by Gasteiger charge is 2.20. The molecule has 2 aromatic carbocycles. The summed E-state index contributed by atoms with van der Waals surface area (Å²) in [5.41, 5.74) is 1.82. The Balaban J connectivity index is 1.87. The number of carbonyl (C=O) groups is 1. The third-order valence-corrected chi connectivity index (χ3v) is 4.87. The van der Waals surface area contributed by atoms with Crippen molar-refractivity contribution in [3.63, 3.8) is 0 Å². The van der Waals surface area contributed by atoms with Gasteiger partial charge in [-0.2, -0.15) is 0 Å². The van der Waals surface area contributed by atoms with Crippen LogP contribution in [-0.2, 0) is 16.6 Å². The van der Waals surface area contributed by atoms with Crippen molar-refractivity contribution >= 4 is 27.4 Å². The van der Waals surface area contributed by atoms with Gasteiger partial charge in [0.15, 0.2) is 0 Å². The number of rotatable bonds is 3. The van der Waals surface area contributed by atoms with Crippen LogP contribution in [0, 0.1) is 5.82 Å². The SMILES string of the molecule is CN1Cc2cc(NS(=O)(=O)c3ccc(F)cc3)ccc2NC1=O. The number of carbonyl (C=O) groups excluding carboxylic acids is 1. The minimum absolute atomic E-state index is 0.0259. The number of hydrogen-bond donors (Lipinski definition) is 2. The average molecular weight is 335 g/mol. The van der Waals surface area contributed by atoms with Gasteiger partial charge < -0.3 is 10.2 Å². The second-order valence-electron chi connectivity index (χ2n) is 5.22. The number of sulfonamides is 1. The topological polar surface area (TPSA) is 78.5 Å². The third-order valence-electron chi connectivity index (χ3n) is 3.48. The normalized spacial score (nSPS) is 14.2. The summed E-state index contributed by atoms with van der Waals surface area (Å²) >= 11 is 0. The fourth-order valence-electron chi connectivity index (χ4n) is 2.28. The van der Waals surface area contributed by atoms with Gasteiger partial charge in [0.2, 0.25) is 0 Å². The van der Waals surface area contributed by atoms with Crippen molar-refractivity contribution in [3.8, 4) is 0 Å². The van der Waals surface area contributed by atoms with E-state index in [1.165, 1.54) is 17.0 Å². The maximum atomic E-state index is 12.9. The molecule has 3 rings (SSSR count). The first-order valence-electron chi connectivity index (χ1n) is 6.78. The predicted molar refractivity (Wildman–Crippen MR) is 84.1 cm³/mol. The lowest BCUT2D eigenvalue weighted by molar-refractivity contribution is 0.218. The monoisotopic (exact) mass is 335 g/mol. The predicted octanol–water partition coefficient (Wildman–Crippen LogP) is 2.60. The van der Waals surface area contributed by atoms with E-state index in [0.29, 0.717) is 17.9 Å². The van der Waals surface area contributed by atoms with Gasteiger partial charge in [0, 0.05) is 25.0 Å². The van der Waals surface area contributed by atoms with Crippen LogP contribution in [0.2, 0.25) is 0 Å². The molecule has 0 bridgehead atoms. The minimum atomic E-state index is -3.80. The number of amides is 2. The largest absolute Gasteiger partial charge is 0.323 e. The molecule has 0 unspecified atom stereocenters. The smallest absolute Gasteiger partial charge is 0.321 e. The first-order chi connectivity index (χ1) is 10.8. The zero-order chi connectivity index (χ0) is 16.6. The maximum absolute atomic E-state index is 12.9. The van der Waals surface area contributed by atoms with E-state index in [1.54, 1.807) is 25.2 Å². The fourth-order valence-corrected chi connectivity index (χ4v) is 3.33. The number of fused-ring (bicyclic) bond motifs is 1. The highest BCUT2D eigenvalue weighted by atomic mass is 32.2. The Bertz CT molecular complexity index is 866. The van der Waals surface area contributed by atoms with Crippen molar-refractivity contribution in [3.05, 3.63) is 53.8 Å². The molecular formula is C15H14FN3O3S. The Morgan fingerprint density at radius 1 is 1.17 bits per heavy atom. The van der Waals surface area contributed by atoms with Gasteiger partial charge >= 0.3 is 6.03 Å². The summed E-state index contributed by atoms with van der Waals surface area (Å²) in [6, 6.07) is 9.23. The molecule has 0 aliphatic carbocycles. The van der Waals surface area contributed by atoms with Gasteiger partial charge in [-0.05, 0) is 48.0 Å². The quantitative estimate of drug-likeness (QED) is 0.905. The molecule has 2 amide bonds. The highest BCUT2D eigenvalue weighted by Crippen LogP contribution is 2.27. The highest BCUT2D eigenvalue weighted by molar-refractivity contribution is 7.92. The molecule has 1 aliphatic heterocycles. The first-order valence-corrected chi connectivity index (χ1v) is 8.27. The second kappa shape index (κ2) is 5.54. The molecule has 120 valence electrons. The number of nitrogens with one attached hydrogen (secondary N) is 2. The number of hydrogen-bond acceptors (Lipinski definition) is 3. The zero-order valence-electron chi connectivity index (χ0n) is 12.2. The summed E-state index contributed by atoms with van der Waals surface area (Å²) in [6.07, 6.45) is 0. The van der Waals surface area contributed by atoms with E-state index in [9.17, 15) is 17.6 Å². The Morgan fingerprint density at radius 2 is 1.87 bits per heavy atom. The van der Waals surface area contributed by atoms with Crippen molar-refractivity contribution in [1.82, 2.24) is 4.90 Å². The molecule has 0 saturated carbocycles. The molecule has 0 aromatic heterocycles. The number of nitrogens with zero attached hydrogens (tertiary/aromatic N) is 1. The van der Waals surface area contributed by atoms with Gasteiger partial charge in [-0.3, -0.25) is 4.72 Å². The molecule has 8 heteroatoms. The van der Waals surface area contributed by atoms with E-state index in [-0.39, 0.29) is 10.9 Å². The van der Waals surface area contributed by atoms with Crippen LogP contribution in [0.1, 0.15) is 5.56 Å². The molecule has 2 N–H and O–H groups in total. The standard InChI is InChI=1S/C15H14FN3O3S/c1-19-9-10-8-12(4-7-14(10)17-15(19)20)18-23(21,22)13-5-2-11(16)3-6-13/h2-8,18H,9H2,1H3,(H,17,20). The van der Waals surface area contributed by atoms with Gasteiger partial charge in [-0.1, -0.05) is 0 Å². The molecule has 23 heavy (non-hydrogen) atoms. The molecule has 1 aliphatic rings. The van der Waals surface area contributed by atoms with Crippen LogP contribution >= 0.6 is 0 Å². The summed E-state index contributed by atoms with van der Waals surface area (Å²) in [4.78, 5) is 13.0. The lowest BCUT2D eigenvalue weighted by Crippen LogP contribution is -2.35. The van der Waals surface area contributed by atoms with E-state index >= 15 is 0 Å². The minimum Gasteiger partial charge on any atom is -0.323 e. The molecule has 2 aromatic rings. The first kappa shape index (κ1) is 15.3. The van der Waals surface area contributed by atoms with Gasteiger partial charge in [0.25, 0.3) is 10.0 Å². The van der Waals surface area contributed by atoms with E-state index < -0.39 is 15.8 Å². The van der Waals surface area contributed by atoms with E-state index in [4.69, 9.17) is 0 Å². The van der Waals surface area contributed by atoms with Crippen LogP contribution in [0.4, 0.5) is 20.6 Å². The van der Waals surface area contributed by atoms with Crippen molar-refractivity contribution in [1.29, 1.82) is 0 Å². The summed E-state index contributed by atoms with van der Waals surface area (Å²) in [5, 5.41) is 2.71. The van der Waals surface area contributed by atoms with E-state index in [2.05, 4.69) is 10.0 Å². The van der Waals surface area contributed by atoms with Crippen LogP contribution in [0.25, 0.3) is 0 Å². The van der Waals surface area contributed by atoms with Crippen LogP contribution in [0.5, 0.6) is 0 Å². The third kappa shape index (κ3) is 3.11. The molecule has 0 atom stereocenters. The zero-order valence-corrected chi connectivity index (χ0v) is 13.0. The lowest BCUT2D eigenvalue weighted by atomic mass is 10.1. The molecule has 0 radical (unpaired) electrons. The van der Waals surface area contributed by atoms with Gasteiger partial charge in [0.05, 0.1) is 4.90 Å². The molecule has 1 heterocycles. The van der Waals surface area contributed by atoms with E-state index in [1.807, 2.05) is 0 Å².